The molecule has 2 saturated heterocycles. The zero-order valence-electron chi connectivity index (χ0n) is 14.4. The summed E-state index contributed by atoms with van der Waals surface area (Å²) in [5, 5.41) is 10.3. The van der Waals surface area contributed by atoms with Crippen molar-refractivity contribution in [3.05, 3.63) is 16.6 Å². The fourth-order valence-electron chi connectivity index (χ4n) is 3.73. The minimum absolute atomic E-state index is 0.381. The zero-order valence-corrected chi connectivity index (χ0v) is 15.2. The molecule has 0 unspecified atom stereocenters. The van der Waals surface area contributed by atoms with E-state index in [4.69, 9.17) is 20.2 Å². The first-order chi connectivity index (χ1) is 12.2. The summed E-state index contributed by atoms with van der Waals surface area (Å²) in [5.41, 5.74) is 7.77. The van der Waals surface area contributed by atoms with Crippen molar-refractivity contribution in [2.24, 2.45) is 0 Å². The van der Waals surface area contributed by atoms with Gasteiger partial charge in [-0.15, -0.1) is 11.3 Å². The molecule has 132 valence electrons. The fourth-order valence-corrected chi connectivity index (χ4v) is 4.70. The molecule has 0 radical (unpaired) electrons. The molecule has 4 rings (SSSR count). The highest BCUT2D eigenvalue weighted by atomic mass is 32.1. The van der Waals surface area contributed by atoms with Crippen LogP contribution in [0, 0.1) is 11.3 Å². The highest BCUT2D eigenvalue weighted by Gasteiger charge is 2.40. The number of hydrogen-bond donors (Lipinski definition) is 1. The molecule has 2 fully saturated rings. The Morgan fingerprint density at radius 3 is 2.72 bits per heavy atom. The quantitative estimate of drug-likeness (QED) is 0.908. The lowest BCUT2D eigenvalue weighted by Gasteiger charge is -2.38. The van der Waals surface area contributed by atoms with Gasteiger partial charge in [0.2, 0.25) is 0 Å². The van der Waals surface area contributed by atoms with Crippen LogP contribution in [-0.4, -0.2) is 37.1 Å². The Bertz CT molecular complexity index is 826. The summed E-state index contributed by atoms with van der Waals surface area (Å²) in [6, 6.07) is 4.28. The molecule has 2 aliphatic heterocycles. The largest absolute Gasteiger partial charge is 0.396 e. The molecule has 2 aromatic heterocycles. The molecule has 25 heavy (non-hydrogen) atoms. The van der Waals surface area contributed by atoms with Gasteiger partial charge in [0, 0.05) is 36.0 Å². The lowest BCUT2D eigenvalue weighted by molar-refractivity contribution is -0.169. The Labute approximate surface area is 151 Å². The summed E-state index contributed by atoms with van der Waals surface area (Å²) in [7, 11) is 0. The fraction of sp³-hybridized carbons (Fsp3) is 0.556. The van der Waals surface area contributed by atoms with Crippen molar-refractivity contribution in [1.82, 2.24) is 4.98 Å². The van der Waals surface area contributed by atoms with Crippen LogP contribution in [0.15, 0.2) is 6.07 Å². The Hall–Kier alpha value is -1.88. The lowest BCUT2D eigenvalue weighted by atomic mass is 10.0. The summed E-state index contributed by atoms with van der Waals surface area (Å²) in [4.78, 5) is 7.77. The van der Waals surface area contributed by atoms with Crippen molar-refractivity contribution in [2.75, 3.05) is 36.9 Å². The van der Waals surface area contributed by atoms with E-state index in [1.165, 1.54) is 11.3 Å². The number of ether oxygens (including phenoxy) is 2. The molecule has 2 N–H and O–H groups in total. The average Bonchev–Trinajstić information content (AvgIpc) is 3.20. The molecule has 2 aliphatic rings. The van der Waals surface area contributed by atoms with Crippen LogP contribution in [0.4, 0.5) is 11.5 Å². The number of piperidine rings is 1. The Balaban J connectivity index is 1.67. The second kappa shape index (κ2) is 6.45. The van der Waals surface area contributed by atoms with Gasteiger partial charge in [0.1, 0.15) is 16.8 Å². The first-order valence-electron chi connectivity index (χ1n) is 8.80. The van der Waals surface area contributed by atoms with Crippen LogP contribution in [0.25, 0.3) is 10.1 Å². The topological polar surface area (TPSA) is 84.4 Å². The second-order valence-electron chi connectivity index (χ2n) is 6.60. The third-order valence-corrected chi connectivity index (χ3v) is 6.08. The number of nitrogen functional groups attached to an aromatic ring is 1. The maximum Gasteiger partial charge on any atom is 0.171 e. The van der Waals surface area contributed by atoms with E-state index in [-0.39, 0.29) is 5.79 Å². The van der Waals surface area contributed by atoms with Crippen LogP contribution in [-0.2, 0) is 15.9 Å². The van der Waals surface area contributed by atoms with E-state index in [9.17, 15) is 5.26 Å². The van der Waals surface area contributed by atoms with Crippen molar-refractivity contribution in [1.29, 1.82) is 5.26 Å². The highest BCUT2D eigenvalue weighted by molar-refractivity contribution is 7.20. The minimum atomic E-state index is -0.381. The van der Waals surface area contributed by atoms with Gasteiger partial charge < -0.3 is 20.1 Å². The second-order valence-corrected chi connectivity index (χ2v) is 7.65. The van der Waals surface area contributed by atoms with Gasteiger partial charge in [-0.2, -0.15) is 5.26 Å². The number of anilines is 2. The van der Waals surface area contributed by atoms with E-state index in [1.54, 1.807) is 0 Å². The normalized spacial score (nSPS) is 19.6. The van der Waals surface area contributed by atoms with Crippen molar-refractivity contribution >= 4 is 32.9 Å². The number of thiophene rings is 1. The molecule has 1 spiro atoms. The van der Waals surface area contributed by atoms with E-state index in [0.29, 0.717) is 23.8 Å². The molecular weight excluding hydrogens is 336 g/mol. The van der Waals surface area contributed by atoms with Crippen LogP contribution in [0.1, 0.15) is 36.8 Å². The van der Waals surface area contributed by atoms with Crippen LogP contribution in [0.2, 0.25) is 0 Å². The maximum absolute atomic E-state index is 9.30. The van der Waals surface area contributed by atoms with Gasteiger partial charge in [-0.3, -0.25) is 0 Å². The molecule has 0 atom stereocenters. The third-order valence-electron chi connectivity index (χ3n) is 5.02. The van der Waals surface area contributed by atoms with Crippen molar-refractivity contribution in [2.45, 2.75) is 38.4 Å². The van der Waals surface area contributed by atoms with Gasteiger partial charge in [-0.25, -0.2) is 4.98 Å². The van der Waals surface area contributed by atoms with E-state index in [1.807, 2.05) is 0 Å². The molecule has 0 saturated carbocycles. The molecule has 4 heterocycles. The summed E-state index contributed by atoms with van der Waals surface area (Å²) in [6.07, 6.45) is 3.56. The molecule has 7 heteroatoms. The number of rotatable bonds is 3. The van der Waals surface area contributed by atoms with Gasteiger partial charge in [0.05, 0.1) is 24.6 Å². The Morgan fingerprint density at radius 2 is 2.08 bits per heavy atom. The van der Waals surface area contributed by atoms with Crippen molar-refractivity contribution in [3.8, 4) is 6.07 Å². The number of nitrogens with zero attached hydrogens (tertiary/aromatic N) is 3. The molecule has 0 aromatic carbocycles. The smallest absolute Gasteiger partial charge is 0.171 e. The SMILES string of the molecule is CCCc1nc(N2CCC3(CC2)OCCO3)cc2sc(C#N)c(N)c12. The first-order valence-corrected chi connectivity index (χ1v) is 9.62. The zero-order chi connectivity index (χ0) is 17.4. The maximum atomic E-state index is 9.30. The number of aryl methyl sites for hydroxylation is 1. The number of pyridine rings is 1. The monoisotopic (exact) mass is 358 g/mol. The molecule has 0 amide bonds. The number of nitriles is 1. The van der Waals surface area contributed by atoms with Crippen LogP contribution in [0.5, 0.6) is 0 Å². The number of hydrogen-bond acceptors (Lipinski definition) is 7. The summed E-state index contributed by atoms with van der Waals surface area (Å²) in [5.74, 6) is 0.586. The average molecular weight is 358 g/mol. The van der Waals surface area contributed by atoms with Gasteiger partial charge in [-0.05, 0) is 12.5 Å². The van der Waals surface area contributed by atoms with Crippen LogP contribution in [0.3, 0.4) is 0 Å². The predicted octanol–water partition coefficient (Wildman–Crippen LogP) is 3.05. The molecule has 0 bridgehead atoms. The third kappa shape index (κ3) is 2.84. The van der Waals surface area contributed by atoms with Gasteiger partial charge in [-0.1, -0.05) is 13.3 Å². The minimum Gasteiger partial charge on any atom is -0.396 e. The number of aromatic nitrogens is 1. The molecule has 0 aliphatic carbocycles. The van der Waals surface area contributed by atoms with Crippen LogP contribution < -0.4 is 10.6 Å². The summed E-state index contributed by atoms with van der Waals surface area (Å²) < 4.78 is 12.7. The summed E-state index contributed by atoms with van der Waals surface area (Å²) in [6.45, 7) is 5.23. The van der Waals surface area contributed by atoms with Gasteiger partial charge in [0.15, 0.2) is 5.79 Å². The van der Waals surface area contributed by atoms with Crippen molar-refractivity contribution < 1.29 is 9.47 Å². The van der Waals surface area contributed by atoms with Crippen LogP contribution >= 0.6 is 11.3 Å². The predicted molar refractivity (Wildman–Crippen MR) is 98.8 cm³/mol. The number of fused-ring (bicyclic) bond motifs is 1. The molecule has 6 nitrogen and oxygen atoms in total. The lowest BCUT2D eigenvalue weighted by Crippen LogP contribution is -2.45. The van der Waals surface area contributed by atoms with Gasteiger partial charge >= 0.3 is 0 Å². The number of nitrogens with two attached hydrogens (primary N) is 1. The molecular formula is C18H22N4O2S. The van der Waals surface area contributed by atoms with E-state index in [0.717, 1.165) is 60.4 Å². The van der Waals surface area contributed by atoms with E-state index >= 15 is 0 Å². The highest BCUT2D eigenvalue weighted by Crippen LogP contribution is 2.39. The Kier molecular flexibility index (Phi) is 4.28. The first kappa shape index (κ1) is 16.6. The van der Waals surface area contributed by atoms with Gasteiger partial charge in [0.25, 0.3) is 0 Å². The van der Waals surface area contributed by atoms with E-state index < -0.39 is 0 Å². The standard InChI is InChI=1S/C18H22N4O2S/c1-2-3-12-16-13(25-14(11-19)17(16)20)10-15(21-12)22-6-4-18(5-7-22)23-8-9-24-18/h10H,2-9,20H2,1H3. The molecule has 2 aromatic rings. The Morgan fingerprint density at radius 1 is 1.36 bits per heavy atom. The summed E-state index contributed by atoms with van der Waals surface area (Å²) >= 11 is 1.46. The van der Waals surface area contributed by atoms with E-state index in [2.05, 4.69) is 24.0 Å². The van der Waals surface area contributed by atoms with Crippen molar-refractivity contribution in [3.63, 3.8) is 0 Å².